The van der Waals surface area contributed by atoms with Gasteiger partial charge in [0.15, 0.2) is 4.32 Å². The number of nitro benzene ring substituents is 1. The van der Waals surface area contributed by atoms with Crippen molar-refractivity contribution in [3.63, 3.8) is 0 Å². The smallest absolute Gasteiger partial charge is 0.416 e. The second-order valence-electron chi connectivity index (χ2n) is 7.11. The molecule has 0 bridgehead atoms. The van der Waals surface area contributed by atoms with Crippen LogP contribution >= 0.6 is 35.6 Å². The van der Waals surface area contributed by atoms with Gasteiger partial charge in [-0.25, -0.2) is 0 Å². The minimum Gasteiger partial charge on any atom is -0.450 e. The van der Waals surface area contributed by atoms with Gasteiger partial charge in [-0.1, -0.05) is 53.8 Å². The Hall–Kier alpha value is -3.41. The average Bonchev–Trinajstić information content (AvgIpc) is 3.06. The highest BCUT2D eigenvalue weighted by Crippen LogP contribution is 2.39. The number of rotatable bonds is 5. The predicted molar refractivity (Wildman–Crippen MR) is 132 cm³/mol. The maximum Gasteiger partial charge on any atom is 0.416 e. The molecule has 1 saturated heterocycles. The van der Waals surface area contributed by atoms with E-state index in [1.807, 2.05) is 0 Å². The summed E-state index contributed by atoms with van der Waals surface area (Å²) in [5.74, 6) is -0.577. The molecule has 6 nitrogen and oxygen atoms in total. The van der Waals surface area contributed by atoms with Crippen LogP contribution in [0.25, 0.3) is 6.08 Å². The van der Waals surface area contributed by atoms with Crippen LogP contribution in [0.2, 0.25) is 5.02 Å². The summed E-state index contributed by atoms with van der Waals surface area (Å²) in [5.41, 5.74) is -0.946. The SMILES string of the molecule is O=C1/C(=C/c2cccc(Oc3ccc(C(F)(F)F)cc3[N+](=O)[O-])c2)SC(=S)N1c1cccc(Cl)c1. The molecule has 178 valence electrons. The van der Waals surface area contributed by atoms with E-state index in [-0.39, 0.29) is 17.4 Å². The fourth-order valence-corrected chi connectivity index (χ4v) is 4.66. The molecule has 35 heavy (non-hydrogen) atoms. The zero-order valence-corrected chi connectivity index (χ0v) is 19.7. The van der Waals surface area contributed by atoms with Gasteiger partial charge in [0.05, 0.1) is 21.1 Å². The molecule has 4 rings (SSSR count). The van der Waals surface area contributed by atoms with E-state index in [9.17, 15) is 28.1 Å². The molecule has 12 heteroatoms. The van der Waals surface area contributed by atoms with Crippen molar-refractivity contribution in [2.75, 3.05) is 4.90 Å². The number of hydrogen-bond donors (Lipinski definition) is 0. The summed E-state index contributed by atoms with van der Waals surface area (Å²) in [6, 6.07) is 14.9. The van der Waals surface area contributed by atoms with Gasteiger partial charge in [0, 0.05) is 11.1 Å². The Balaban J connectivity index is 1.60. The number of nitro groups is 1. The number of anilines is 1. The first kappa shape index (κ1) is 24.7. The second kappa shape index (κ2) is 9.68. The summed E-state index contributed by atoms with van der Waals surface area (Å²) in [4.78, 5) is 25.0. The molecule has 0 unspecified atom stereocenters. The average molecular weight is 537 g/mol. The minimum atomic E-state index is -4.74. The Morgan fingerprint density at radius 1 is 1.09 bits per heavy atom. The van der Waals surface area contributed by atoms with Crippen LogP contribution in [0.5, 0.6) is 11.5 Å². The number of nitrogens with zero attached hydrogens (tertiary/aromatic N) is 2. The fraction of sp³-hybridized carbons (Fsp3) is 0.0435. The van der Waals surface area contributed by atoms with Crippen molar-refractivity contribution in [3.05, 3.63) is 97.9 Å². The molecule has 0 radical (unpaired) electrons. The van der Waals surface area contributed by atoms with Crippen LogP contribution in [0.3, 0.4) is 0 Å². The van der Waals surface area contributed by atoms with Crippen molar-refractivity contribution in [1.82, 2.24) is 0 Å². The topological polar surface area (TPSA) is 72.7 Å². The quantitative estimate of drug-likeness (QED) is 0.146. The van der Waals surface area contributed by atoms with E-state index >= 15 is 0 Å². The lowest BCUT2D eigenvalue weighted by atomic mass is 10.1. The van der Waals surface area contributed by atoms with Crippen LogP contribution in [0.1, 0.15) is 11.1 Å². The van der Waals surface area contributed by atoms with Gasteiger partial charge < -0.3 is 4.74 Å². The molecule has 0 aliphatic carbocycles. The lowest BCUT2D eigenvalue weighted by Crippen LogP contribution is -2.27. The lowest BCUT2D eigenvalue weighted by molar-refractivity contribution is -0.385. The Morgan fingerprint density at radius 3 is 2.51 bits per heavy atom. The molecule has 1 heterocycles. The van der Waals surface area contributed by atoms with Crippen LogP contribution in [-0.2, 0) is 11.0 Å². The van der Waals surface area contributed by atoms with Crippen LogP contribution < -0.4 is 9.64 Å². The summed E-state index contributed by atoms with van der Waals surface area (Å²) in [6.07, 6.45) is -3.17. The second-order valence-corrected chi connectivity index (χ2v) is 9.22. The summed E-state index contributed by atoms with van der Waals surface area (Å²) >= 11 is 12.4. The lowest BCUT2D eigenvalue weighted by Gasteiger charge is -2.14. The molecule has 0 saturated carbocycles. The van der Waals surface area contributed by atoms with Crippen molar-refractivity contribution in [1.29, 1.82) is 0 Å². The number of amides is 1. The molecule has 1 amide bonds. The molecule has 0 atom stereocenters. The van der Waals surface area contributed by atoms with Crippen LogP contribution in [0, 0.1) is 10.1 Å². The highest BCUT2D eigenvalue weighted by molar-refractivity contribution is 8.27. The van der Waals surface area contributed by atoms with Gasteiger partial charge >= 0.3 is 11.9 Å². The summed E-state index contributed by atoms with van der Waals surface area (Å²) in [6.45, 7) is 0. The molecular weight excluding hydrogens is 525 g/mol. The Morgan fingerprint density at radius 2 is 1.83 bits per heavy atom. The summed E-state index contributed by atoms with van der Waals surface area (Å²) in [7, 11) is 0. The molecule has 1 fully saturated rings. The number of carbonyl (C=O) groups excluding carboxylic acids is 1. The van der Waals surface area contributed by atoms with Crippen LogP contribution in [-0.4, -0.2) is 15.2 Å². The number of carbonyl (C=O) groups is 1. The third-order valence-electron chi connectivity index (χ3n) is 4.73. The van der Waals surface area contributed by atoms with E-state index in [1.54, 1.807) is 42.5 Å². The first-order valence-electron chi connectivity index (χ1n) is 9.70. The zero-order chi connectivity index (χ0) is 25.3. The fourth-order valence-electron chi connectivity index (χ4n) is 3.17. The first-order valence-corrected chi connectivity index (χ1v) is 11.3. The normalized spacial score (nSPS) is 15.1. The molecule has 3 aromatic rings. The molecule has 0 aromatic heterocycles. The van der Waals surface area contributed by atoms with Gasteiger partial charge in [-0.05, 0) is 54.1 Å². The Bertz CT molecular complexity index is 1400. The highest BCUT2D eigenvalue weighted by Gasteiger charge is 2.34. The van der Waals surface area contributed by atoms with Crippen LogP contribution in [0.4, 0.5) is 24.5 Å². The van der Waals surface area contributed by atoms with Crippen molar-refractivity contribution in [2.24, 2.45) is 0 Å². The van der Waals surface area contributed by atoms with E-state index in [4.69, 9.17) is 28.6 Å². The number of alkyl halides is 3. The largest absolute Gasteiger partial charge is 0.450 e. The van der Waals surface area contributed by atoms with Gasteiger partial charge in [-0.2, -0.15) is 13.2 Å². The number of thioether (sulfide) groups is 1. The van der Waals surface area contributed by atoms with E-state index in [0.29, 0.717) is 37.6 Å². The van der Waals surface area contributed by atoms with E-state index in [2.05, 4.69) is 0 Å². The van der Waals surface area contributed by atoms with Gasteiger partial charge in [0.25, 0.3) is 5.91 Å². The monoisotopic (exact) mass is 536 g/mol. The zero-order valence-electron chi connectivity index (χ0n) is 17.3. The number of benzene rings is 3. The molecular formula is C23H12ClF3N2O4S2. The molecule has 0 N–H and O–H groups in total. The summed E-state index contributed by atoms with van der Waals surface area (Å²) < 4.78 is 44.6. The first-order chi connectivity index (χ1) is 16.5. The Labute approximate surface area is 211 Å². The van der Waals surface area contributed by atoms with Gasteiger partial charge in [0.1, 0.15) is 5.75 Å². The standard InChI is InChI=1S/C23H12ClF3N2O4S2/c24-15-4-2-5-16(12-15)28-21(30)20(35-22(28)34)10-13-3-1-6-17(9-13)33-19-8-7-14(23(25,26)27)11-18(19)29(31)32/h1-12H/b20-10-. The van der Waals surface area contributed by atoms with Crippen molar-refractivity contribution < 1.29 is 27.6 Å². The van der Waals surface area contributed by atoms with Crippen molar-refractivity contribution in [2.45, 2.75) is 6.18 Å². The minimum absolute atomic E-state index is 0.131. The number of thiocarbonyl (C=S) groups is 1. The van der Waals surface area contributed by atoms with Gasteiger partial charge in [-0.3, -0.25) is 19.8 Å². The van der Waals surface area contributed by atoms with Gasteiger partial charge in [-0.15, -0.1) is 0 Å². The summed E-state index contributed by atoms with van der Waals surface area (Å²) in [5, 5.41) is 11.8. The highest BCUT2D eigenvalue weighted by atomic mass is 35.5. The number of halogens is 4. The third kappa shape index (κ3) is 5.47. The maximum atomic E-state index is 12.9. The van der Waals surface area contributed by atoms with Gasteiger partial charge in [0.2, 0.25) is 5.75 Å². The number of ether oxygens (including phenoxy) is 1. The molecule has 3 aromatic carbocycles. The molecule has 0 spiro atoms. The van der Waals surface area contributed by atoms with Crippen molar-refractivity contribution in [3.8, 4) is 11.5 Å². The predicted octanol–water partition coefficient (Wildman–Crippen LogP) is 7.47. The maximum absolute atomic E-state index is 12.9. The molecule has 1 aliphatic rings. The Kier molecular flexibility index (Phi) is 6.84. The number of hydrogen-bond acceptors (Lipinski definition) is 6. The molecule has 1 aliphatic heterocycles. The van der Waals surface area contributed by atoms with E-state index in [0.717, 1.165) is 17.8 Å². The van der Waals surface area contributed by atoms with Crippen molar-refractivity contribution >= 4 is 63.3 Å². The van der Waals surface area contributed by atoms with E-state index < -0.39 is 22.4 Å². The van der Waals surface area contributed by atoms with E-state index in [1.165, 1.54) is 17.0 Å². The third-order valence-corrected chi connectivity index (χ3v) is 6.26. The van der Waals surface area contributed by atoms with Crippen LogP contribution in [0.15, 0.2) is 71.6 Å².